The molecule has 0 atom stereocenters. The Bertz CT molecular complexity index is 1120. The first-order valence-electron chi connectivity index (χ1n) is 8.68. The SMILES string of the molecule is COc1ccc(NC(=O)Cn2nnc(-c3ccc(C)cc3-n3cnnn3)n2)cc1. The quantitative estimate of drug-likeness (QED) is 0.521. The molecule has 1 amide bonds. The van der Waals surface area contributed by atoms with Gasteiger partial charge >= 0.3 is 0 Å². The molecule has 0 bridgehead atoms. The molecule has 0 spiro atoms. The first-order chi connectivity index (χ1) is 14.1. The minimum atomic E-state index is -0.274. The number of anilines is 1. The largest absolute Gasteiger partial charge is 0.497 e. The van der Waals surface area contributed by atoms with Crippen LogP contribution >= 0.6 is 0 Å². The van der Waals surface area contributed by atoms with Crippen molar-refractivity contribution in [2.45, 2.75) is 13.5 Å². The molecule has 0 aliphatic carbocycles. The van der Waals surface area contributed by atoms with Gasteiger partial charge in [-0.25, -0.2) is 0 Å². The lowest BCUT2D eigenvalue weighted by molar-refractivity contribution is -0.117. The number of nitrogens with one attached hydrogen (secondary N) is 1. The van der Waals surface area contributed by atoms with Crippen LogP contribution in [0.25, 0.3) is 17.1 Å². The zero-order valence-corrected chi connectivity index (χ0v) is 15.7. The molecule has 4 rings (SSSR count). The number of benzene rings is 2. The van der Waals surface area contributed by atoms with Gasteiger partial charge < -0.3 is 10.1 Å². The molecule has 4 aromatic rings. The second kappa shape index (κ2) is 7.84. The van der Waals surface area contributed by atoms with Crippen molar-refractivity contribution in [3.63, 3.8) is 0 Å². The van der Waals surface area contributed by atoms with Crippen molar-refractivity contribution < 1.29 is 9.53 Å². The highest BCUT2D eigenvalue weighted by molar-refractivity contribution is 5.90. The van der Waals surface area contributed by atoms with Gasteiger partial charge in [0.2, 0.25) is 11.7 Å². The van der Waals surface area contributed by atoms with Crippen molar-refractivity contribution in [2.24, 2.45) is 0 Å². The van der Waals surface area contributed by atoms with Crippen LogP contribution in [0.2, 0.25) is 0 Å². The summed E-state index contributed by atoms with van der Waals surface area (Å²) in [6.07, 6.45) is 1.49. The van der Waals surface area contributed by atoms with Crippen LogP contribution in [0.5, 0.6) is 5.75 Å². The number of rotatable bonds is 6. The topological polar surface area (TPSA) is 126 Å². The summed E-state index contributed by atoms with van der Waals surface area (Å²) >= 11 is 0. The van der Waals surface area contributed by atoms with Crippen molar-refractivity contribution in [1.82, 2.24) is 40.4 Å². The molecule has 1 N–H and O–H groups in total. The average Bonchev–Trinajstić information content (AvgIpc) is 3.41. The van der Waals surface area contributed by atoms with E-state index >= 15 is 0 Å². The van der Waals surface area contributed by atoms with Gasteiger partial charge in [-0.3, -0.25) is 4.79 Å². The van der Waals surface area contributed by atoms with Gasteiger partial charge in [0.25, 0.3) is 0 Å². The lowest BCUT2D eigenvalue weighted by Crippen LogP contribution is -2.20. The zero-order chi connectivity index (χ0) is 20.2. The van der Waals surface area contributed by atoms with E-state index in [2.05, 4.69) is 36.3 Å². The lowest BCUT2D eigenvalue weighted by atomic mass is 10.1. The van der Waals surface area contributed by atoms with Crippen molar-refractivity contribution in [3.8, 4) is 22.8 Å². The molecule has 11 heteroatoms. The van der Waals surface area contributed by atoms with Crippen molar-refractivity contribution >= 4 is 11.6 Å². The zero-order valence-electron chi connectivity index (χ0n) is 15.7. The molecule has 0 saturated carbocycles. The van der Waals surface area contributed by atoms with E-state index in [0.717, 1.165) is 11.3 Å². The summed E-state index contributed by atoms with van der Waals surface area (Å²) < 4.78 is 6.63. The highest BCUT2D eigenvalue weighted by Crippen LogP contribution is 2.23. The number of carbonyl (C=O) groups excluding carboxylic acids is 1. The van der Waals surface area contributed by atoms with Gasteiger partial charge in [-0.2, -0.15) is 9.48 Å². The molecule has 0 aliphatic heterocycles. The van der Waals surface area contributed by atoms with E-state index in [1.807, 2.05) is 25.1 Å². The fourth-order valence-electron chi connectivity index (χ4n) is 2.71. The van der Waals surface area contributed by atoms with Gasteiger partial charge in [0, 0.05) is 11.3 Å². The molecule has 146 valence electrons. The van der Waals surface area contributed by atoms with Crippen molar-refractivity contribution in [1.29, 1.82) is 0 Å². The molecule has 11 nitrogen and oxygen atoms in total. The van der Waals surface area contributed by atoms with E-state index in [-0.39, 0.29) is 12.5 Å². The number of hydrogen-bond donors (Lipinski definition) is 1. The first kappa shape index (κ1) is 18.2. The maximum Gasteiger partial charge on any atom is 0.248 e. The van der Waals surface area contributed by atoms with E-state index in [1.54, 1.807) is 31.4 Å². The number of aryl methyl sites for hydroxylation is 1. The Morgan fingerprint density at radius 2 is 1.97 bits per heavy atom. The number of carbonyl (C=O) groups is 1. The third kappa shape index (κ3) is 4.08. The Morgan fingerprint density at radius 1 is 1.14 bits per heavy atom. The molecular formula is C18H17N9O2. The summed E-state index contributed by atoms with van der Waals surface area (Å²) in [5.74, 6) is 0.804. The Morgan fingerprint density at radius 3 is 2.69 bits per heavy atom. The van der Waals surface area contributed by atoms with Crippen LogP contribution in [0.3, 0.4) is 0 Å². The predicted molar refractivity (Wildman–Crippen MR) is 102 cm³/mol. The van der Waals surface area contributed by atoms with Gasteiger partial charge in [-0.1, -0.05) is 6.07 Å². The van der Waals surface area contributed by atoms with E-state index < -0.39 is 0 Å². The molecular weight excluding hydrogens is 374 g/mol. The Hall–Kier alpha value is -4.15. The maximum atomic E-state index is 12.3. The molecule has 0 radical (unpaired) electrons. The molecule has 0 aliphatic rings. The third-order valence-corrected chi connectivity index (χ3v) is 4.10. The second-order valence-corrected chi connectivity index (χ2v) is 6.20. The Balaban J connectivity index is 1.51. The number of amides is 1. The summed E-state index contributed by atoms with van der Waals surface area (Å²) in [5.41, 5.74) is 3.10. The van der Waals surface area contributed by atoms with E-state index in [0.29, 0.717) is 22.8 Å². The van der Waals surface area contributed by atoms with Crippen LogP contribution < -0.4 is 10.1 Å². The number of tetrazole rings is 2. The second-order valence-electron chi connectivity index (χ2n) is 6.20. The average molecular weight is 391 g/mol. The number of aromatic nitrogens is 8. The Kier molecular flexibility index (Phi) is 4.93. The van der Waals surface area contributed by atoms with Crippen LogP contribution in [-0.4, -0.2) is 53.4 Å². The molecule has 2 aromatic carbocycles. The van der Waals surface area contributed by atoms with E-state index in [4.69, 9.17) is 4.74 Å². The monoisotopic (exact) mass is 391 g/mol. The summed E-state index contributed by atoms with van der Waals surface area (Å²) in [6.45, 7) is 1.89. The normalized spacial score (nSPS) is 10.7. The number of nitrogens with zero attached hydrogens (tertiary/aromatic N) is 8. The standard InChI is InChI=1S/C18H17N9O2/c1-12-3-8-15(16(9-12)26-11-19-23-25-26)18-21-24-27(22-18)10-17(28)20-13-4-6-14(29-2)7-5-13/h3-9,11H,10H2,1-2H3,(H,20,28). The summed E-state index contributed by atoms with van der Waals surface area (Å²) in [5, 5.41) is 26.4. The summed E-state index contributed by atoms with van der Waals surface area (Å²) in [7, 11) is 1.58. The molecule has 29 heavy (non-hydrogen) atoms. The van der Waals surface area contributed by atoms with Crippen LogP contribution in [0.4, 0.5) is 5.69 Å². The van der Waals surface area contributed by atoms with Gasteiger partial charge in [-0.15, -0.1) is 15.3 Å². The van der Waals surface area contributed by atoms with E-state index in [1.165, 1.54) is 15.8 Å². The van der Waals surface area contributed by atoms with Crippen molar-refractivity contribution in [2.75, 3.05) is 12.4 Å². The molecule has 2 heterocycles. The molecule has 0 fully saturated rings. The fourth-order valence-corrected chi connectivity index (χ4v) is 2.71. The molecule has 0 saturated heterocycles. The van der Waals surface area contributed by atoms with Crippen LogP contribution in [-0.2, 0) is 11.3 Å². The van der Waals surface area contributed by atoms with Gasteiger partial charge in [-0.05, 0) is 64.5 Å². The number of methoxy groups -OCH3 is 1. The van der Waals surface area contributed by atoms with Gasteiger partial charge in [0.05, 0.1) is 12.8 Å². The number of ether oxygens (including phenoxy) is 1. The third-order valence-electron chi connectivity index (χ3n) is 4.10. The Labute approximate surface area is 165 Å². The first-order valence-corrected chi connectivity index (χ1v) is 8.68. The molecule has 2 aromatic heterocycles. The summed E-state index contributed by atoms with van der Waals surface area (Å²) in [4.78, 5) is 13.5. The van der Waals surface area contributed by atoms with Crippen molar-refractivity contribution in [3.05, 3.63) is 54.4 Å². The lowest BCUT2D eigenvalue weighted by Gasteiger charge is -2.06. The highest BCUT2D eigenvalue weighted by atomic mass is 16.5. The van der Waals surface area contributed by atoms with Crippen LogP contribution in [0.1, 0.15) is 5.56 Å². The minimum absolute atomic E-state index is 0.0783. The molecule has 0 unspecified atom stereocenters. The van der Waals surface area contributed by atoms with Gasteiger partial charge in [0.15, 0.2) is 0 Å². The fraction of sp³-hybridized carbons (Fsp3) is 0.167. The smallest absolute Gasteiger partial charge is 0.248 e. The van der Waals surface area contributed by atoms with Gasteiger partial charge in [0.1, 0.15) is 18.6 Å². The van der Waals surface area contributed by atoms with Crippen LogP contribution in [0, 0.1) is 6.92 Å². The van der Waals surface area contributed by atoms with Crippen LogP contribution in [0.15, 0.2) is 48.8 Å². The summed E-state index contributed by atoms with van der Waals surface area (Å²) in [6, 6.07) is 12.7. The minimum Gasteiger partial charge on any atom is -0.497 e. The maximum absolute atomic E-state index is 12.3. The highest BCUT2D eigenvalue weighted by Gasteiger charge is 2.15. The predicted octanol–water partition coefficient (Wildman–Crippen LogP) is 1.27. The van der Waals surface area contributed by atoms with E-state index in [9.17, 15) is 4.79 Å². The number of hydrogen-bond acceptors (Lipinski definition) is 8.